The quantitative estimate of drug-likeness (QED) is 0.835. The van der Waals surface area contributed by atoms with Crippen molar-refractivity contribution in [3.63, 3.8) is 0 Å². The van der Waals surface area contributed by atoms with Crippen LogP contribution in [0.3, 0.4) is 0 Å². The molecular formula is C17H21ClN2O4. The van der Waals surface area contributed by atoms with E-state index in [1.807, 2.05) is 0 Å². The number of rotatable bonds is 3. The lowest BCUT2D eigenvalue weighted by Crippen LogP contribution is -2.53. The van der Waals surface area contributed by atoms with Crippen molar-refractivity contribution in [2.75, 3.05) is 37.7 Å². The zero-order valence-corrected chi connectivity index (χ0v) is 14.6. The zero-order chi connectivity index (χ0) is 17.3. The predicted octanol–water partition coefficient (Wildman–Crippen LogP) is 2.09. The summed E-state index contributed by atoms with van der Waals surface area (Å²) in [7, 11) is 0. The highest BCUT2D eigenvalue weighted by atomic mass is 35.5. The fraction of sp³-hybridized carbons (Fsp3) is 0.529. The molecule has 0 N–H and O–H groups in total. The van der Waals surface area contributed by atoms with Gasteiger partial charge in [0.1, 0.15) is 5.75 Å². The van der Waals surface area contributed by atoms with E-state index in [-0.39, 0.29) is 18.2 Å². The molecule has 2 aliphatic rings. The lowest BCUT2D eigenvalue weighted by atomic mass is 10.0. The van der Waals surface area contributed by atoms with Crippen LogP contribution in [0.25, 0.3) is 0 Å². The van der Waals surface area contributed by atoms with Crippen LogP contribution >= 0.6 is 11.6 Å². The van der Waals surface area contributed by atoms with Crippen LogP contribution in [0.2, 0.25) is 5.02 Å². The summed E-state index contributed by atoms with van der Waals surface area (Å²) < 4.78 is 11.0. The average Bonchev–Trinajstić information content (AvgIpc) is 2.56. The Hall–Kier alpha value is -1.79. The number of morpholine rings is 1. The van der Waals surface area contributed by atoms with Gasteiger partial charge >= 0.3 is 0 Å². The van der Waals surface area contributed by atoms with E-state index in [9.17, 15) is 9.59 Å². The highest BCUT2D eigenvalue weighted by Crippen LogP contribution is 2.39. The second-order valence-electron chi connectivity index (χ2n) is 6.42. The number of nitrogens with zero attached hydrogens (tertiary/aromatic N) is 2. The number of amides is 2. The number of benzene rings is 1. The van der Waals surface area contributed by atoms with Gasteiger partial charge in [0.25, 0.3) is 5.91 Å². The maximum atomic E-state index is 12.7. The molecule has 0 aromatic heterocycles. The van der Waals surface area contributed by atoms with E-state index in [0.717, 1.165) is 0 Å². The summed E-state index contributed by atoms with van der Waals surface area (Å²) in [4.78, 5) is 28.5. The summed E-state index contributed by atoms with van der Waals surface area (Å²) in [5, 5.41) is 0.523. The van der Waals surface area contributed by atoms with E-state index in [1.165, 1.54) is 0 Å². The van der Waals surface area contributed by atoms with Crippen molar-refractivity contribution >= 4 is 29.1 Å². The summed E-state index contributed by atoms with van der Waals surface area (Å²) in [5.41, 5.74) is -0.357. The number of carbonyl (C=O) groups excluding carboxylic acids is 2. The van der Waals surface area contributed by atoms with E-state index >= 15 is 0 Å². The van der Waals surface area contributed by atoms with E-state index in [2.05, 4.69) is 0 Å². The minimum absolute atomic E-state index is 0.0268. The molecular weight excluding hydrogens is 332 g/mol. The molecule has 1 aromatic carbocycles. The number of anilines is 1. The number of hydrogen-bond acceptors (Lipinski definition) is 4. The summed E-state index contributed by atoms with van der Waals surface area (Å²) in [5.74, 6) is 0.453. The van der Waals surface area contributed by atoms with Gasteiger partial charge in [-0.1, -0.05) is 11.6 Å². The summed E-state index contributed by atoms with van der Waals surface area (Å²) in [6, 6.07) is 5.18. The molecule has 0 aliphatic carbocycles. The summed E-state index contributed by atoms with van der Waals surface area (Å²) >= 11 is 6.06. The van der Waals surface area contributed by atoms with E-state index < -0.39 is 5.60 Å². The Morgan fingerprint density at radius 3 is 2.71 bits per heavy atom. The number of ether oxygens (including phenoxy) is 2. The summed E-state index contributed by atoms with van der Waals surface area (Å²) in [6.07, 6.45) is 0.258. The Balaban J connectivity index is 1.77. The van der Waals surface area contributed by atoms with Gasteiger partial charge in [-0.2, -0.15) is 0 Å². The third-order valence-corrected chi connectivity index (χ3v) is 4.49. The lowest BCUT2D eigenvalue weighted by Gasteiger charge is -2.39. The van der Waals surface area contributed by atoms with E-state index in [1.54, 1.807) is 41.8 Å². The van der Waals surface area contributed by atoms with Crippen LogP contribution in [0.15, 0.2) is 18.2 Å². The average molecular weight is 353 g/mol. The molecule has 0 bridgehead atoms. The number of hydrogen-bond donors (Lipinski definition) is 0. The highest BCUT2D eigenvalue weighted by Gasteiger charge is 2.41. The first-order valence-electron chi connectivity index (χ1n) is 8.04. The fourth-order valence-corrected chi connectivity index (χ4v) is 3.11. The Morgan fingerprint density at radius 2 is 2.00 bits per heavy atom. The number of halogens is 1. The van der Waals surface area contributed by atoms with Crippen molar-refractivity contribution in [1.29, 1.82) is 0 Å². The molecule has 2 amide bonds. The topological polar surface area (TPSA) is 59.1 Å². The molecule has 2 aliphatic heterocycles. The van der Waals surface area contributed by atoms with Gasteiger partial charge in [-0.3, -0.25) is 9.59 Å². The van der Waals surface area contributed by atoms with Crippen LogP contribution in [-0.4, -0.2) is 55.2 Å². The van der Waals surface area contributed by atoms with Crippen molar-refractivity contribution in [2.24, 2.45) is 0 Å². The van der Waals surface area contributed by atoms with Crippen molar-refractivity contribution in [3.8, 4) is 5.75 Å². The standard InChI is InChI=1S/C17H21ClN2O4/c1-17(2)16(22)20(13-11-12(18)3-4-14(13)24-17)6-5-15(21)19-7-9-23-10-8-19/h3-4,11H,5-10H2,1-2H3. The van der Waals surface area contributed by atoms with Crippen molar-refractivity contribution in [2.45, 2.75) is 25.9 Å². The molecule has 0 unspecified atom stereocenters. The second-order valence-corrected chi connectivity index (χ2v) is 6.86. The van der Waals surface area contributed by atoms with Gasteiger partial charge < -0.3 is 19.3 Å². The van der Waals surface area contributed by atoms with Crippen LogP contribution in [-0.2, 0) is 14.3 Å². The van der Waals surface area contributed by atoms with Gasteiger partial charge in [-0.25, -0.2) is 0 Å². The monoisotopic (exact) mass is 352 g/mol. The fourth-order valence-electron chi connectivity index (χ4n) is 2.94. The van der Waals surface area contributed by atoms with Gasteiger partial charge in [0.05, 0.1) is 18.9 Å². The normalized spacial score (nSPS) is 19.7. The molecule has 7 heteroatoms. The first kappa shape index (κ1) is 17.0. The Bertz CT molecular complexity index is 656. The highest BCUT2D eigenvalue weighted by molar-refractivity contribution is 6.31. The van der Waals surface area contributed by atoms with Crippen LogP contribution in [0.1, 0.15) is 20.3 Å². The van der Waals surface area contributed by atoms with E-state index in [0.29, 0.717) is 49.3 Å². The molecule has 2 heterocycles. The van der Waals surface area contributed by atoms with Gasteiger partial charge in [0, 0.05) is 31.1 Å². The first-order chi connectivity index (χ1) is 11.4. The smallest absolute Gasteiger partial charge is 0.270 e. The molecule has 24 heavy (non-hydrogen) atoms. The molecule has 0 atom stereocenters. The Morgan fingerprint density at radius 1 is 1.29 bits per heavy atom. The van der Waals surface area contributed by atoms with Crippen molar-refractivity contribution in [3.05, 3.63) is 23.2 Å². The predicted molar refractivity (Wildman–Crippen MR) is 90.5 cm³/mol. The minimum atomic E-state index is -0.969. The van der Waals surface area contributed by atoms with Crippen molar-refractivity contribution in [1.82, 2.24) is 4.90 Å². The molecule has 0 radical (unpaired) electrons. The first-order valence-corrected chi connectivity index (χ1v) is 8.42. The van der Waals surface area contributed by atoms with Crippen LogP contribution in [0.5, 0.6) is 5.75 Å². The largest absolute Gasteiger partial charge is 0.476 e. The SMILES string of the molecule is CC1(C)Oc2ccc(Cl)cc2N(CCC(=O)N2CCOCC2)C1=O. The molecule has 0 spiro atoms. The molecule has 3 rings (SSSR count). The van der Waals surface area contributed by atoms with Crippen LogP contribution in [0.4, 0.5) is 5.69 Å². The second kappa shape index (κ2) is 6.61. The molecule has 130 valence electrons. The molecule has 1 aromatic rings. The molecule has 6 nitrogen and oxygen atoms in total. The van der Waals surface area contributed by atoms with Crippen LogP contribution < -0.4 is 9.64 Å². The molecule has 1 fully saturated rings. The number of fused-ring (bicyclic) bond motifs is 1. The zero-order valence-electron chi connectivity index (χ0n) is 13.9. The number of carbonyl (C=O) groups is 2. The lowest BCUT2D eigenvalue weighted by molar-refractivity contribution is -0.135. The Labute approximate surface area is 146 Å². The summed E-state index contributed by atoms with van der Waals surface area (Å²) in [6.45, 7) is 6.08. The molecule has 0 saturated carbocycles. The van der Waals surface area contributed by atoms with Crippen molar-refractivity contribution < 1.29 is 19.1 Å². The third kappa shape index (κ3) is 3.35. The van der Waals surface area contributed by atoms with Gasteiger partial charge in [0.2, 0.25) is 5.91 Å². The Kier molecular flexibility index (Phi) is 4.69. The van der Waals surface area contributed by atoms with Crippen LogP contribution in [0, 0.1) is 0 Å². The minimum Gasteiger partial charge on any atom is -0.476 e. The van der Waals surface area contributed by atoms with Gasteiger partial charge in [-0.05, 0) is 32.0 Å². The maximum absolute atomic E-state index is 12.7. The van der Waals surface area contributed by atoms with Gasteiger partial charge in [0.15, 0.2) is 5.60 Å². The van der Waals surface area contributed by atoms with Gasteiger partial charge in [-0.15, -0.1) is 0 Å². The molecule has 1 saturated heterocycles. The third-order valence-electron chi connectivity index (χ3n) is 4.25. The van der Waals surface area contributed by atoms with E-state index in [4.69, 9.17) is 21.1 Å². The maximum Gasteiger partial charge on any atom is 0.270 e.